The third-order valence-corrected chi connectivity index (χ3v) is 3.68. The molecule has 0 radical (unpaired) electrons. The number of allylic oxidation sites excluding steroid dienone is 2. The van der Waals surface area contributed by atoms with Crippen LogP contribution >= 0.6 is 0 Å². The normalized spacial score (nSPS) is 26.4. The molecule has 1 nitrogen and oxygen atoms in total. The maximum atomic E-state index is 6.16. The molecule has 0 amide bonds. The predicted octanol–water partition coefficient (Wildman–Crippen LogP) is 3.82. The molecule has 1 heterocycles. The number of hydrogen-bond acceptors (Lipinski definition) is 1. The molecule has 2 aliphatic rings. The monoisotopic (exact) mass is 226 g/mol. The molecule has 17 heavy (non-hydrogen) atoms. The van der Waals surface area contributed by atoms with Crippen molar-refractivity contribution in [2.75, 3.05) is 0 Å². The molecule has 0 spiro atoms. The van der Waals surface area contributed by atoms with Crippen molar-refractivity contribution in [3.8, 4) is 5.75 Å². The Hall–Kier alpha value is -1.50. The van der Waals surface area contributed by atoms with Crippen LogP contribution in [0, 0.1) is 12.8 Å². The molecule has 2 unspecified atom stereocenters. The van der Waals surface area contributed by atoms with Crippen molar-refractivity contribution in [3.63, 3.8) is 0 Å². The van der Waals surface area contributed by atoms with Crippen LogP contribution in [0.1, 0.15) is 24.5 Å². The van der Waals surface area contributed by atoms with E-state index in [1.165, 1.54) is 23.1 Å². The SMILES string of the molecule is CC1=CC2Oc3ccc(C)cc3CCC2C=C1. The van der Waals surface area contributed by atoms with E-state index < -0.39 is 0 Å². The van der Waals surface area contributed by atoms with E-state index in [2.05, 4.69) is 50.3 Å². The number of fused-ring (bicyclic) bond motifs is 2. The van der Waals surface area contributed by atoms with Gasteiger partial charge in [0.05, 0.1) is 0 Å². The summed E-state index contributed by atoms with van der Waals surface area (Å²) in [5, 5.41) is 0. The van der Waals surface area contributed by atoms with Gasteiger partial charge in [-0.1, -0.05) is 35.4 Å². The zero-order chi connectivity index (χ0) is 11.8. The van der Waals surface area contributed by atoms with Crippen LogP contribution in [0.3, 0.4) is 0 Å². The van der Waals surface area contributed by atoms with Gasteiger partial charge in [-0.25, -0.2) is 0 Å². The van der Waals surface area contributed by atoms with Crippen molar-refractivity contribution < 1.29 is 4.74 Å². The molecule has 1 aliphatic heterocycles. The Kier molecular flexibility index (Phi) is 2.54. The summed E-state index contributed by atoms with van der Waals surface area (Å²) in [5.74, 6) is 1.61. The maximum Gasteiger partial charge on any atom is 0.124 e. The maximum absolute atomic E-state index is 6.16. The lowest BCUT2D eigenvalue weighted by atomic mass is 9.90. The second kappa shape index (κ2) is 4.06. The highest BCUT2D eigenvalue weighted by atomic mass is 16.5. The van der Waals surface area contributed by atoms with Crippen LogP contribution in [0.4, 0.5) is 0 Å². The summed E-state index contributed by atoms with van der Waals surface area (Å²) < 4.78 is 6.16. The van der Waals surface area contributed by atoms with Gasteiger partial charge in [0.2, 0.25) is 0 Å². The summed E-state index contributed by atoms with van der Waals surface area (Å²) in [4.78, 5) is 0. The molecule has 88 valence electrons. The van der Waals surface area contributed by atoms with E-state index in [0.29, 0.717) is 5.92 Å². The second-order valence-corrected chi connectivity index (χ2v) is 5.17. The highest BCUT2D eigenvalue weighted by Gasteiger charge is 2.25. The Morgan fingerprint density at radius 2 is 2.12 bits per heavy atom. The third kappa shape index (κ3) is 2.02. The number of hydrogen-bond donors (Lipinski definition) is 0. The van der Waals surface area contributed by atoms with E-state index in [-0.39, 0.29) is 6.10 Å². The molecular formula is C16H18O. The quantitative estimate of drug-likeness (QED) is 0.653. The number of aryl methyl sites for hydroxylation is 2. The molecule has 1 aromatic carbocycles. The highest BCUT2D eigenvalue weighted by Crippen LogP contribution is 2.33. The van der Waals surface area contributed by atoms with Crippen LogP contribution in [0.2, 0.25) is 0 Å². The van der Waals surface area contributed by atoms with Gasteiger partial charge in [0.25, 0.3) is 0 Å². The first-order chi connectivity index (χ1) is 8.22. The summed E-state index contributed by atoms with van der Waals surface area (Å²) in [6, 6.07) is 6.51. The standard InChI is InChI=1S/C16H18O/c1-11-4-8-15-14(9-11)7-6-13-5-3-12(2)10-16(13)17-15/h3-5,8-10,13,16H,6-7H2,1-2H3. The van der Waals surface area contributed by atoms with Gasteiger partial charge in [-0.2, -0.15) is 0 Å². The van der Waals surface area contributed by atoms with E-state index in [1.807, 2.05) is 0 Å². The van der Waals surface area contributed by atoms with E-state index in [1.54, 1.807) is 0 Å². The van der Waals surface area contributed by atoms with Crippen LogP contribution in [-0.2, 0) is 6.42 Å². The molecule has 0 bridgehead atoms. The molecule has 3 rings (SSSR count). The van der Waals surface area contributed by atoms with Gasteiger partial charge >= 0.3 is 0 Å². The Bertz CT molecular complexity index is 496. The van der Waals surface area contributed by atoms with Gasteiger partial charge < -0.3 is 4.74 Å². The van der Waals surface area contributed by atoms with Crippen LogP contribution in [0.5, 0.6) is 5.75 Å². The fraction of sp³-hybridized carbons (Fsp3) is 0.375. The van der Waals surface area contributed by atoms with Gasteiger partial charge in [0, 0.05) is 5.92 Å². The Balaban J connectivity index is 1.96. The lowest BCUT2D eigenvalue weighted by Crippen LogP contribution is -2.24. The lowest BCUT2D eigenvalue weighted by Gasteiger charge is -2.23. The molecule has 0 fully saturated rings. The van der Waals surface area contributed by atoms with Crippen LogP contribution < -0.4 is 4.74 Å². The molecule has 0 aromatic heterocycles. The van der Waals surface area contributed by atoms with Crippen LogP contribution in [0.25, 0.3) is 0 Å². The molecule has 2 atom stereocenters. The Morgan fingerprint density at radius 3 is 3.00 bits per heavy atom. The van der Waals surface area contributed by atoms with E-state index >= 15 is 0 Å². The fourth-order valence-electron chi connectivity index (χ4n) is 2.69. The number of rotatable bonds is 0. The van der Waals surface area contributed by atoms with Crippen molar-refractivity contribution in [3.05, 3.63) is 53.1 Å². The van der Waals surface area contributed by atoms with Gasteiger partial charge in [-0.05, 0) is 44.4 Å². The van der Waals surface area contributed by atoms with E-state index in [9.17, 15) is 0 Å². The van der Waals surface area contributed by atoms with Gasteiger partial charge in [0.15, 0.2) is 0 Å². The van der Waals surface area contributed by atoms with Gasteiger partial charge in [-0.15, -0.1) is 0 Å². The molecule has 1 aromatic rings. The molecule has 0 saturated heterocycles. The minimum atomic E-state index is 0.226. The fourth-order valence-corrected chi connectivity index (χ4v) is 2.69. The van der Waals surface area contributed by atoms with E-state index in [0.717, 1.165) is 12.2 Å². The van der Waals surface area contributed by atoms with Crippen LogP contribution in [-0.4, -0.2) is 6.10 Å². The summed E-state index contributed by atoms with van der Waals surface area (Å²) in [5.41, 5.74) is 3.99. The average molecular weight is 226 g/mol. The minimum Gasteiger partial charge on any atom is -0.485 e. The number of benzene rings is 1. The topological polar surface area (TPSA) is 9.23 Å². The molecule has 0 saturated carbocycles. The predicted molar refractivity (Wildman–Crippen MR) is 70.3 cm³/mol. The van der Waals surface area contributed by atoms with Crippen molar-refractivity contribution in [2.45, 2.75) is 32.8 Å². The zero-order valence-electron chi connectivity index (χ0n) is 10.4. The van der Waals surface area contributed by atoms with Crippen LogP contribution in [0.15, 0.2) is 42.0 Å². The Morgan fingerprint density at radius 1 is 1.24 bits per heavy atom. The summed E-state index contributed by atoms with van der Waals surface area (Å²) in [7, 11) is 0. The summed E-state index contributed by atoms with van der Waals surface area (Å²) in [6.07, 6.45) is 9.30. The molecular weight excluding hydrogens is 208 g/mol. The first-order valence-corrected chi connectivity index (χ1v) is 6.35. The molecule has 0 N–H and O–H groups in total. The molecule has 1 heteroatoms. The minimum absolute atomic E-state index is 0.226. The second-order valence-electron chi connectivity index (χ2n) is 5.17. The summed E-state index contributed by atoms with van der Waals surface area (Å²) in [6.45, 7) is 4.28. The van der Waals surface area contributed by atoms with Gasteiger partial charge in [-0.3, -0.25) is 0 Å². The largest absolute Gasteiger partial charge is 0.485 e. The zero-order valence-corrected chi connectivity index (χ0v) is 10.4. The Labute approximate surface area is 103 Å². The van der Waals surface area contributed by atoms with Crippen molar-refractivity contribution >= 4 is 0 Å². The number of ether oxygens (including phenoxy) is 1. The summed E-state index contributed by atoms with van der Waals surface area (Å²) >= 11 is 0. The highest BCUT2D eigenvalue weighted by molar-refractivity contribution is 5.39. The smallest absolute Gasteiger partial charge is 0.124 e. The lowest BCUT2D eigenvalue weighted by molar-refractivity contribution is 0.204. The third-order valence-electron chi connectivity index (χ3n) is 3.68. The van der Waals surface area contributed by atoms with Crippen molar-refractivity contribution in [1.29, 1.82) is 0 Å². The van der Waals surface area contributed by atoms with Crippen molar-refractivity contribution in [2.24, 2.45) is 5.92 Å². The van der Waals surface area contributed by atoms with Gasteiger partial charge in [0.1, 0.15) is 11.9 Å². The molecule has 1 aliphatic carbocycles. The first kappa shape index (κ1) is 10.6. The van der Waals surface area contributed by atoms with Crippen molar-refractivity contribution in [1.82, 2.24) is 0 Å². The van der Waals surface area contributed by atoms with E-state index in [4.69, 9.17) is 4.74 Å². The average Bonchev–Trinajstić information content (AvgIpc) is 2.47. The first-order valence-electron chi connectivity index (χ1n) is 6.35.